The molecule has 122 valence electrons. The Kier molecular flexibility index (Phi) is 4.00. The Bertz CT molecular complexity index is 660. The highest BCUT2D eigenvalue weighted by atomic mass is 16.5. The summed E-state index contributed by atoms with van der Waals surface area (Å²) in [5.74, 6) is 0.460. The van der Waals surface area contributed by atoms with E-state index in [2.05, 4.69) is 16.7 Å². The SMILES string of the molecule is CC1(C)Oc2ccc(C#N)cc2C(NC(=O)[C@@H]2CCCN2)C1O. The van der Waals surface area contributed by atoms with Crippen molar-refractivity contribution in [3.8, 4) is 11.8 Å². The second-order valence-electron chi connectivity index (χ2n) is 6.65. The maximum Gasteiger partial charge on any atom is 0.237 e. The minimum Gasteiger partial charge on any atom is -0.485 e. The summed E-state index contributed by atoms with van der Waals surface area (Å²) in [6.45, 7) is 4.40. The van der Waals surface area contributed by atoms with Crippen molar-refractivity contribution in [2.75, 3.05) is 6.54 Å². The van der Waals surface area contributed by atoms with Gasteiger partial charge in [-0.25, -0.2) is 0 Å². The summed E-state index contributed by atoms with van der Waals surface area (Å²) in [5, 5.41) is 25.8. The quantitative estimate of drug-likeness (QED) is 0.757. The molecule has 2 heterocycles. The number of carbonyl (C=O) groups is 1. The van der Waals surface area contributed by atoms with Gasteiger partial charge in [-0.05, 0) is 51.4 Å². The average Bonchev–Trinajstić information content (AvgIpc) is 3.05. The van der Waals surface area contributed by atoms with E-state index in [-0.39, 0.29) is 11.9 Å². The molecule has 1 aromatic carbocycles. The smallest absolute Gasteiger partial charge is 0.237 e. The lowest BCUT2D eigenvalue weighted by atomic mass is 9.85. The Hall–Kier alpha value is -2.10. The number of aliphatic hydroxyl groups excluding tert-OH is 1. The fourth-order valence-corrected chi connectivity index (χ4v) is 3.19. The summed E-state index contributed by atoms with van der Waals surface area (Å²) in [6, 6.07) is 6.31. The first-order valence-electron chi connectivity index (χ1n) is 7.87. The third-order valence-corrected chi connectivity index (χ3v) is 4.55. The Morgan fingerprint density at radius 3 is 2.96 bits per heavy atom. The molecule has 0 aliphatic carbocycles. The number of nitrogens with one attached hydrogen (secondary N) is 2. The summed E-state index contributed by atoms with van der Waals surface area (Å²) in [7, 11) is 0. The zero-order valence-corrected chi connectivity index (χ0v) is 13.3. The van der Waals surface area contributed by atoms with Gasteiger partial charge in [0.25, 0.3) is 0 Å². The van der Waals surface area contributed by atoms with Crippen LogP contribution in [0.4, 0.5) is 0 Å². The van der Waals surface area contributed by atoms with Crippen molar-refractivity contribution in [3.63, 3.8) is 0 Å². The third kappa shape index (κ3) is 2.90. The number of carbonyl (C=O) groups excluding carboxylic acids is 1. The van der Waals surface area contributed by atoms with Crippen LogP contribution in [0.5, 0.6) is 5.75 Å². The van der Waals surface area contributed by atoms with Crippen LogP contribution in [-0.2, 0) is 4.79 Å². The van der Waals surface area contributed by atoms with E-state index in [1.807, 2.05) is 0 Å². The third-order valence-electron chi connectivity index (χ3n) is 4.55. The number of aliphatic hydroxyl groups is 1. The van der Waals surface area contributed by atoms with Gasteiger partial charge in [0.1, 0.15) is 17.5 Å². The summed E-state index contributed by atoms with van der Waals surface area (Å²) in [6.07, 6.45) is 0.851. The first-order valence-corrected chi connectivity index (χ1v) is 7.87. The monoisotopic (exact) mass is 315 g/mol. The molecule has 23 heavy (non-hydrogen) atoms. The lowest BCUT2D eigenvalue weighted by Gasteiger charge is -2.42. The van der Waals surface area contributed by atoms with Crippen LogP contribution in [-0.4, -0.2) is 35.3 Å². The molecule has 0 aromatic heterocycles. The van der Waals surface area contributed by atoms with Gasteiger partial charge in [0.15, 0.2) is 0 Å². The number of amides is 1. The highest BCUT2D eigenvalue weighted by Crippen LogP contribution is 2.40. The van der Waals surface area contributed by atoms with Gasteiger partial charge in [0, 0.05) is 5.56 Å². The van der Waals surface area contributed by atoms with Gasteiger partial charge in [-0.2, -0.15) is 5.26 Å². The van der Waals surface area contributed by atoms with E-state index in [9.17, 15) is 9.90 Å². The topological polar surface area (TPSA) is 94.4 Å². The molecule has 6 nitrogen and oxygen atoms in total. The standard InChI is InChI=1S/C17H21N3O3/c1-17(2)15(21)14(20-16(22)12-4-3-7-19-12)11-8-10(9-18)5-6-13(11)23-17/h5-6,8,12,14-15,19,21H,3-4,7H2,1-2H3,(H,20,22)/t12-,14?,15?/m0/s1. The molecule has 0 bridgehead atoms. The number of benzene rings is 1. The Morgan fingerprint density at radius 1 is 1.52 bits per heavy atom. The van der Waals surface area contributed by atoms with E-state index in [1.165, 1.54) is 0 Å². The number of ether oxygens (including phenoxy) is 1. The zero-order chi connectivity index (χ0) is 16.6. The van der Waals surface area contributed by atoms with Gasteiger partial charge >= 0.3 is 0 Å². The molecule has 1 saturated heterocycles. The molecule has 0 spiro atoms. The van der Waals surface area contributed by atoms with Crippen LogP contribution in [0.1, 0.15) is 43.9 Å². The highest BCUT2D eigenvalue weighted by molar-refractivity contribution is 5.82. The minimum absolute atomic E-state index is 0.127. The molecular formula is C17H21N3O3. The number of fused-ring (bicyclic) bond motifs is 1. The van der Waals surface area contributed by atoms with Gasteiger partial charge in [-0.15, -0.1) is 0 Å². The van der Waals surface area contributed by atoms with Crippen LogP contribution < -0.4 is 15.4 Å². The van der Waals surface area contributed by atoms with Crippen molar-refractivity contribution < 1.29 is 14.6 Å². The first kappa shape index (κ1) is 15.8. The van der Waals surface area contributed by atoms with Crippen LogP contribution in [0.15, 0.2) is 18.2 Å². The second-order valence-corrected chi connectivity index (χ2v) is 6.65. The van der Waals surface area contributed by atoms with E-state index >= 15 is 0 Å². The van der Waals surface area contributed by atoms with Crippen molar-refractivity contribution >= 4 is 5.91 Å². The molecule has 1 fully saturated rings. The highest BCUT2D eigenvalue weighted by Gasteiger charge is 2.44. The lowest BCUT2D eigenvalue weighted by molar-refractivity contribution is -0.127. The van der Waals surface area contributed by atoms with Crippen LogP contribution in [0.2, 0.25) is 0 Å². The molecular weight excluding hydrogens is 294 g/mol. The van der Waals surface area contributed by atoms with Crippen molar-refractivity contribution in [2.45, 2.75) is 50.5 Å². The van der Waals surface area contributed by atoms with Crippen LogP contribution in [0.3, 0.4) is 0 Å². The normalized spacial score (nSPS) is 28.3. The summed E-state index contributed by atoms with van der Waals surface area (Å²) >= 11 is 0. The zero-order valence-electron chi connectivity index (χ0n) is 13.3. The van der Waals surface area contributed by atoms with E-state index in [0.29, 0.717) is 16.9 Å². The van der Waals surface area contributed by atoms with E-state index in [1.54, 1.807) is 32.0 Å². The number of nitrogens with zero attached hydrogens (tertiary/aromatic N) is 1. The van der Waals surface area contributed by atoms with Gasteiger partial charge in [0.05, 0.1) is 23.7 Å². The number of hydrogen-bond acceptors (Lipinski definition) is 5. The van der Waals surface area contributed by atoms with E-state index in [4.69, 9.17) is 10.00 Å². The second kappa shape index (κ2) is 5.84. The molecule has 2 unspecified atom stereocenters. The fraction of sp³-hybridized carbons (Fsp3) is 0.529. The average molecular weight is 315 g/mol. The van der Waals surface area contributed by atoms with Gasteiger partial charge in [-0.1, -0.05) is 0 Å². The Balaban J connectivity index is 1.93. The Morgan fingerprint density at radius 2 is 2.30 bits per heavy atom. The predicted molar refractivity (Wildman–Crippen MR) is 83.8 cm³/mol. The molecule has 2 aliphatic rings. The molecule has 3 atom stereocenters. The Labute approximate surface area is 135 Å². The maximum atomic E-state index is 12.4. The van der Waals surface area contributed by atoms with Crippen molar-refractivity contribution in [1.82, 2.24) is 10.6 Å². The molecule has 2 aliphatic heterocycles. The van der Waals surface area contributed by atoms with Crippen molar-refractivity contribution in [1.29, 1.82) is 5.26 Å². The molecule has 6 heteroatoms. The number of rotatable bonds is 2. The fourth-order valence-electron chi connectivity index (χ4n) is 3.19. The van der Waals surface area contributed by atoms with Gasteiger partial charge < -0.3 is 20.5 Å². The predicted octanol–water partition coefficient (Wildman–Crippen LogP) is 0.999. The molecule has 0 radical (unpaired) electrons. The number of nitriles is 1. The van der Waals surface area contributed by atoms with Crippen molar-refractivity contribution in [2.24, 2.45) is 0 Å². The maximum absolute atomic E-state index is 12.4. The van der Waals surface area contributed by atoms with Gasteiger partial charge in [-0.3, -0.25) is 4.79 Å². The summed E-state index contributed by atoms with van der Waals surface area (Å²) in [5.41, 5.74) is 0.280. The largest absolute Gasteiger partial charge is 0.485 e. The van der Waals surface area contributed by atoms with Crippen LogP contribution in [0.25, 0.3) is 0 Å². The molecule has 3 N–H and O–H groups in total. The first-order chi connectivity index (χ1) is 10.9. The molecule has 0 saturated carbocycles. The summed E-state index contributed by atoms with van der Waals surface area (Å²) in [4.78, 5) is 12.4. The van der Waals surface area contributed by atoms with E-state index < -0.39 is 17.7 Å². The molecule has 3 rings (SSSR count). The van der Waals surface area contributed by atoms with Gasteiger partial charge in [0.2, 0.25) is 5.91 Å². The molecule has 1 aromatic rings. The molecule has 1 amide bonds. The lowest BCUT2D eigenvalue weighted by Crippen LogP contribution is -2.55. The minimum atomic E-state index is -0.908. The van der Waals surface area contributed by atoms with E-state index in [0.717, 1.165) is 19.4 Å². The van der Waals surface area contributed by atoms with Crippen LogP contribution >= 0.6 is 0 Å². The number of hydrogen-bond donors (Lipinski definition) is 3. The van der Waals surface area contributed by atoms with Crippen LogP contribution in [0, 0.1) is 11.3 Å². The van der Waals surface area contributed by atoms with Crippen molar-refractivity contribution in [3.05, 3.63) is 29.3 Å². The summed E-state index contributed by atoms with van der Waals surface area (Å²) < 4.78 is 5.84.